The van der Waals surface area contributed by atoms with Gasteiger partial charge in [-0.3, -0.25) is 0 Å². The molecule has 0 amide bonds. The van der Waals surface area contributed by atoms with E-state index >= 15 is 0 Å². The maximum atomic E-state index is 10.1. The van der Waals surface area contributed by atoms with Crippen molar-refractivity contribution in [2.45, 2.75) is 6.10 Å². The molecular weight excluding hydrogens is 268 g/mol. The van der Waals surface area contributed by atoms with Gasteiger partial charge < -0.3 is 20.3 Å². The van der Waals surface area contributed by atoms with Crippen LogP contribution in [0.5, 0.6) is 11.5 Å². The van der Waals surface area contributed by atoms with Crippen molar-refractivity contribution in [3.8, 4) is 17.6 Å². The van der Waals surface area contributed by atoms with Gasteiger partial charge in [-0.2, -0.15) is 5.26 Å². The minimum absolute atomic E-state index is 0.0756. The summed E-state index contributed by atoms with van der Waals surface area (Å²) in [6, 6.07) is 13.8. The molecule has 0 aromatic heterocycles. The third kappa shape index (κ3) is 3.65. The summed E-state index contributed by atoms with van der Waals surface area (Å²) in [5.41, 5.74) is 7.44. The molecule has 0 fully saturated rings. The number of hydrogen-bond donors (Lipinski definition) is 2. The molecule has 0 saturated carbocycles. The third-order valence-corrected chi connectivity index (χ3v) is 3.01. The van der Waals surface area contributed by atoms with E-state index in [1.54, 1.807) is 42.5 Å². The fourth-order valence-electron chi connectivity index (χ4n) is 1.84. The number of methoxy groups -OCH3 is 1. The highest BCUT2D eigenvalue weighted by atomic mass is 16.5. The average molecular weight is 284 g/mol. The van der Waals surface area contributed by atoms with Crippen molar-refractivity contribution in [1.82, 2.24) is 0 Å². The number of hydrogen-bond acceptors (Lipinski definition) is 5. The topological polar surface area (TPSA) is 88.5 Å². The number of benzene rings is 2. The Bertz CT molecular complexity index is 648. The molecule has 0 aliphatic rings. The molecule has 21 heavy (non-hydrogen) atoms. The van der Waals surface area contributed by atoms with Gasteiger partial charge in [-0.05, 0) is 29.8 Å². The van der Waals surface area contributed by atoms with E-state index in [0.717, 1.165) is 5.56 Å². The Hall–Kier alpha value is -2.71. The summed E-state index contributed by atoms with van der Waals surface area (Å²) >= 11 is 0. The summed E-state index contributed by atoms with van der Waals surface area (Å²) in [7, 11) is 1.50. The smallest absolute Gasteiger partial charge is 0.162 e. The quantitative estimate of drug-likeness (QED) is 0.822. The molecule has 1 unspecified atom stereocenters. The van der Waals surface area contributed by atoms with E-state index in [0.29, 0.717) is 22.7 Å². The van der Waals surface area contributed by atoms with Gasteiger partial charge in [-0.1, -0.05) is 12.1 Å². The molecule has 2 aromatic rings. The first kappa shape index (κ1) is 14.7. The Kier molecular flexibility index (Phi) is 4.64. The van der Waals surface area contributed by atoms with Crippen LogP contribution in [0.25, 0.3) is 0 Å². The van der Waals surface area contributed by atoms with Crippen LogP contribution in [0.3, 0.4) is 0 Å². The highest BCUT2D eigenvalue weighted by Crippen LogP contribution is 2.29. The van der Waals surface area contributed by atoms with Crippen LogP contribution in [0, 0.1) is 11.3 Å². The van der Waals surface area contributed by atoms with Crippen LogP contribution in [0.4, 0.5) is 5.69 Å². The molecule has 5 nitrogen and oxygen atoms in total. The molecule has 0 radical (unpaired) electrons. The van der Waals surface area contributed by atoms with Gasteiger partial charge in [-0.15, -0.1) is 0 Å². The van der Waals surface area contributed by atoms with Crippen LogP contribution in [0.2, 0.25) is 0 Å². The summed E-state index contributed by atoms with van der Waals surface area (Å²) in [6.45, 7) is 0.0756. The second-order valence-corrected chi connectivity index (χ2v) is 4.47. The largest absolute Gasteiger partial charge is 0.493 e. The lowest BCUT2D eigenvalue weighted by atomic mass is 10.1. The fraction of sp³-hybridized carbons (Fsp3) is 0.188. The fourth-order valence-corrected chi connectivity index (χ4v) is 1.84. The van der Waals surface area contributed by atoms with E-state index in [4.69, 9.17) is 20.5 Å². The van der Waals surface area contributed by atoms with E-state index in [1.165, 1.54) is 7.11 Å². The molecule has 0 bridgehead atoms. The van der Waals surface area contributed by atoms with Gasteiger partial charge in [0.05, 0.1) is 18.7 Å². The normalized spacial score (nSPS) is 11.5. The number of aliphatic hydroxyl groups excluding tert-OH is 1. The summed E-state index contributed by atoms with van der Waals surface area (Å²) in [5, 5.41) is 18.9. The van der Waals surface area contributed by atoms with Crippen LogP contribution in [0.1, 0.15) is 17.2 Å². The summed E-state index contributed by atoms with van der Waals surface area (Å²) in [5.74, 6) is 0.935. The molecule has 0 saturated heterocycles. The van der Waals surface area contributed by atoms with Crippen molar-refractivity contribution in [2.24, 2.45) is 0 Å². The lowest BCUT2D eigenvalue weighted by Gasteiger charge is -2.15. The first-order valence-corrected chi connectivity index (χ1v) is 6.38. The van der Waals surface area contributed by atoms with Gasteiger partial charge in [-0.25, -0.2) is 0 Å². The molecule has 3 N–H and O–H groups in total. The number of nitrogens with zero attached hydrogens (tertiary/aromatic N) is 1. The lowest BCUT2D eigenvalue weighted by molar-refractivity contribution is 0.106. The molecule has 0 aliphatic carbocycles. The van der Waals surface area contributed by atoms with Crippen molar-refractivity contribution in [2.75, 3.05) is 19.5 Å². The van der Waals surface area contributed by atoms with E-state index in [2.05, 4.69) is 0 Å². The number of nitriles is 1. The Balaban J connectivity index is 2.06. The van der Waals surface area contributed by atoms with E-state index < -0.39 is 6.10 Å². The van der Waals surface area contributed by atoms with Crippen LogP contribution < -0.4 is 15.2 Å². The van der Waals surface area contributed by atoms with Crippen LogP contribution in [-0.2, 0) is 0 Å². The molecule has 2 rings (SSSR count). The predicted molar refractivity (Wildman–Crippen MR) is 79.0 cm³/mol. The van der Waals surface area contributed by atoms with Crippen molar-refractivity contribution >= 4 is 5.69 Å². The maximum Gasteiger partial charge on any atom is 0.162 e. The zero-order chi connectivity index (χ0) is 15.2. The minimum Gasteiger partial charge on any atom is -0.493 e. The summed E-state index contributed by atoms with van der Waals surface area (Å²) < 4.78 is 10.7. The van der Waals surface area contributed by atoms with E-state index in [-0.39, 0.29) is 6.61 Å². The molecule has 2 aromatic carbocycles. The Morgan fingerprint density at radius 3 is 2.52 bits per heavy atom. The van der Waals surface area contributed by atoms with E-state index in [1.807, 2.05) is 6.07 Å². The number of anilines is 1. The van der Waals surface area contributed by atoms with Gasteiger partial charge in [0.1, 0.15) is 12.7 Å². The Morgan fingerprint density at radius 2 is 1.90 bits per heavy atom. The highest BCUT2D eigenvalue weighted by Gasteiger charge is 2.11. The van der Waals surface area contributed by atoms with Crippen molar-refractivity contribution < 1.29 is 14.6 Å². The van der Waals surface area contributed by atoms with Gasteiger partial charge in [0, 0.05) is 11.8 Å². The summed E-state index contributed by atoms with van der Waals surface area (Å²) in [6.07, 6.45) is -0.772. The Morgan fingerprint density at radius 1 is 1.19 bits per heavy atom. The number of ether oxygens (including phenoxy) is 2. The second-order valence-electron chi connectivity index (χ2n) is 4.47. The number of rotatable bonds is 5. The molecule has 5 heteroatoms. The van der Waals surface area contributed by atoms with Gasteiger partial charge >= 0.3 is 0 Å². The second kappa shape index (κ2) is 6.64. The van der Waals surface area contributed by atoms with Crippen molar-refractivity contribution in [3.63, 3.8) is 0 Å². The van der Waals surface area contributed by atoms with Crippen LogP contribution in [0.15, 0.2) is 42.5 Å². The van der Waals surface area contributed by atoms with Crippen LogP contribution in [-0.4, -0.2) is 18.8 Å². The SMILES string of the molecule is COc1cc(C#N)ccc1OCC(O)c1ccc(N)cc1. The first-order chi connectivity index (χ1) is 10.1. The van der Waals surface area contributed by atoms with Gasteiger partial charge in [0.15, 0.2) is 11.5 Å². The first-order valence-electron chi connectivity index (χ1n) is 6.38. The molecular formula is C16H16N2O3. The average Bonchev–Trinajstić information content (AvgIpc) is 2.53. The van der Waals surface area contributed by atoms with Gasteiger partial charge in [0.25, 0.3) is 0 Å². The van der Waals surface area contributed by atoms with E-state index in [9.17, 15) is 5.11 Å². The van der Waals surface area contributed by atoms with Gasteiger partial charge in [0.2, 0.25) is 0 Å². The molecule has 1 atom stereocenters. The number of nitrogen functional groups attached to an aromatic ring is 1. The zero-order valence-corrected chi connectivity index (χ0v) is 11.6. The maximum absolute atomic E-state index is 10.1. The molecule has 0 heterocycles. The monoisotopic (exact) mass is 284 g/mol. The third-order valence-electron chi connectivity index (χ3n) is 3.01. The highest BCUT2D eigenvalue weighted by molar-refractivity contribution is 5.46. The number of aliphatic hydroxyl groups is 1. The minimum atomic E-state index is -0.772. The van der Waals surface area contributed by atoms with Crippen molar-refractivity contribution in [1.29, 1.82) is 5.26 Å². The van der Waals surface area contributed by atoms with Crippen LogP contribution >= 0.6 is 0 Å². The zero-order valence-electron chi connectivity index (χ0n) is 11.6. The predicted octanol–water partition coefficient (Wildman–Crippen LogP) is 2.26. The molecule has 0 aliphatic heterocycles. The number of nitrogens with two attached hydrogens (primary N) is 1. The molecule has 0 spiro atoms. The lowest BCUT2D eigenvalue weighted by Crippen LogP contribution is -2.10. The summed E-state index contributed by atoms with van der Waals surface area (Å²) in [4.78, 5) is 0. The van der Waals surface area contributed by atoms with Crippen molar-refractivity contribution in [3.05, 3.63) is 53.6 Å². The molecule has 108 valence electrons. The standard InChI is InChI=1S/C16H16N2O3/c1-20-16-8-11(9-17)2-7-15(16)21-10-14(19)12-3-5-13(18)6-4-12/h2-8,14,19H,10,18H2,1H3. The Labute approximate surface area is 123 Å².